The van der Waals surface area contributed by atoms with Gasteiger partial charge in [-0.1, -0.05) is 43.7 Å². The predicted octanol–water partition coefficient (Wildman–Crippen LogP) is 2.85. The quantitative estimate of drug-likeness (QED) is 0.497. The zero-order valence-corrected chi connectivity index (χ0v) is 15.1. The van der Waals surface area contributed by atoms with Crippen molar-refractivity contribution >= 4 is 26.8 Å². The van der Waals surface area contributed by atoms with E-state index in [-0.39, 0.29) is 10.9 Å². The van der Waals surface area contributed by atoms with Crippen LogP contribution < -0.4 is 5.32 Å². The molecule has 0 aliphatic rings. The second kappa shape index (κ2) is 7.18. The van der Waals surface area contributed by atoms with Crippen molar-refractivity contribution in [2.45, 2.75) is 37.6 Å². The van der Waals surface area contributed by atoms with E-state index in [9.17, 15) is 8.42 Å². The molecule has 2 aromatic heterocycles. The minimum Gasteiger partial charge on any atom is -0.368 e. The molecule has 0 bridgehead atoms. The SMILES string of the molecule is CCCCNc1nc(S(=O)(=O)Cc2ccccc2)nc2nc(C)[nH]c12. The average molecular weight is 359 g/mol. The molecule has 2 heterocycles. The first-order valence-corrected chi connectivity index (χ1v) is 9.89. The third kappa shape index (κ3) is 3.96. The van der Waals surface area contributed by atoms with E-state index in [2.05, 4.69) is 32.2 Å². The van der Waals surface area contributed by atoms with E-state index in [1.54, 1.807) is 19.1 Å². The summed E-state index contributed by atoms with van der Waals surface area (Å²) in [6.07, 6.45) is 1.99. The van der Waals surface area contributed by atoms with Gasteiger partial charge in [-0.15, -0.1) is 0 Å². The highest BCUT2D eigenvalue weighted by molar-refractivity contribution is 7.90. The van der Waals surface area contributed by atoms with Crippen LogP contribution in [0.15, 0.2) is 35.5 Å². The molecule has 2 N–H and O–H groups in total. The summed E-state index contributed by atoms with van der Waals surface area (Å²) in [7, 11) is -3.66. The third-order valence-electron chi connectivity index (χ3n) is 3.75. The van der Waals surface area contributed by atoms with Gasteiger partial charge in [0.25, 0.3) is 5.16 Å². The van der Waals surface area contributed by atoms with Gasteiger partial charge in [-0.2, -0.15) is 9.97 Å². The van der Waals surface area contributed by atoms with Crippen molar-refractivity contribution in [1.29, 1.82) is 0 Å². The number of nitrogens with zero attached hydrogens (tertiary/aromatic N) is 3. The monoisotopic (exact) mass is 359 g/mol. The van der Waals surface area contributed by atoms with E-state index >= 15 is 0 Å². The first-order chi connectivity index (χ1) is 12.0. The van der Waals surface area contributed by atoms with Gasteiger partial charge in [0.15, 0.2) is 11.5 Å². The first-order valence-electron chi connectivity index (χ1n) is 8.24. The lowest BCUT2D eigenvalue weighted by atomic mass is 10.2. The Bertz CT molecular complexity index is 967. The van der Waals surface area contributed by atoms with E-state index in [0.29, 0.717) is 34.9 Å². The summed E-state index contributed by atoms with van der Waals surface area (Å²) < 4.78 is 25.5. The maximum atomic E-state index is 12.7. The minimum absolute atomic E-state index is 0.142. The number of H-pyrrole nitrogens is 1. The van der Waals surface area contributed by atoms with Crippen molar-refractivity contribution in [2.75, 3.05) is 11.9 Å². The molecule has 0 aliphatic carbocycles. The number of sulfone groups is 1. The number of anilines is 1. The number of aryl methyl sites for hydroxylation is 1. The topological polar surface area (TPSA) is 101 Å². The molecular formula is C17H21N5O2S. The lowest BCUT2D eigenvalue weighted by Gasteiger charge is -2.08. The number of benzene rings is 1. The Morgan fingerprint density at radius 3 is 2.60 bits per heavy atom. The molecule has 0 spiro atoms. The summed E-state index contributed by atoms with van der Waals surface area (Å²) >= 11 is 0. The van der Waals surface area contributed by atoms with Crippen LogP contribution in [0.4, 0.5) is 5.82 Å². The Balaban J connectivity index is 2.00. The van der Waals surface area contributed by atoms with E-state index in [1.165, 1.54) is 0 Å². The van der Waals surface area contributed by atoms with Gasteiger partial charge in [0.2, 0.25) is 9.84 Å². The lowest BCUT2D eigenvalue weighted by molar-refractivity contribution is 0.587. The number of hydrogen-bond donors (Lipinski definition) is 2. The van der Waals surface area contributed by atoms with Crippen LogP contribution in [-0.4, -0.2) is 34.9 Å². The Labute approximate surface area is 146 Å². The molecule has 132 valence electrons. The molecule has 3 rings (SSSR count). The molecule has 0 saturated heterocycles. The van der Waals surface area contributed by atoms with Crippen molar-refractivity contribution in [2.24, 2.45) is 0 Å². The van der Waals surface area contributed by atoms with Crippen LogP contribution in [0, 0.1) is 6.92 Å². The third-order valence-corrected chi connectivity index (χ3v) is 5.20. The van der Waals surface area contributed by atoms with Gasteiger partial charge in [0, 0.05) is 6.54 Å². The molecule has 8 heteroatoms. The fourth-order valence-electron chi connectivity index (χ4n) is 2.50. The maximum absolute atomic E-state index is 12.7. The van der Waals surface area contributed by atoms with Gasteiger partial charge in [0.1, 0.15) is 11.3 Å². The minimum atomic E-state index is -3.66. The van der Waals surface area contributed by atoms with Crippen molar-refractivity contribution < 1.29 is 8.42 Å². The molecule has 0 amide bonds. The van der Waals surface area contributed by atoms with Crippen LogP contribution in [0.5, 0.6) is 0 Å². The maximum Gasteiger partial charge on any atom is 0.251 e. The fourth-order valence-corrected chi connectivity index (χ4v) is 3.72. The van der Waals surface area contributed by atoms with Gasteiger partial charge in [-0.3, -0.25) is 0 Å². The van der Waals surface area contributed by atoms with Crippen LogP contribution in [0.3, 0.4) is 0 Å². The Hall–Kier alpha value is -2.48. The Morgan fingerprint density at radius 2 is 1.88 bits per heavy atom. The van der Waals surface area contributed by atoms with E-state index in [1.807, 2.05) is 18.2 Å². The van der Waals surface area contributed by atoms with Crippen LogP contribution in [0.1, 0.15) is 31.2 Å². The van der Waals surface area contributed by atoms with E-state index < -0.39 is 9.84 Å². The van der Waals surface area contributed by atoms with Gasteiger partial charge in [-0.05, 0) is 18.9 Å². The summed E-state index contributed by atoms with van der Waals surface area (Å²) in [6, 6.07) is 9.01. The molecular weight excluding hydrogens is 338 g/mol. The van der Waals surface area contributed by atoms with E-state index in [0.717, 1.165) is 12.8 Å². The standard InChI is InChI=1S/C17H21N5O2S/c1-3-4-10-18-15-14-16(20-12(2)19-14)22-17(21-15)25(23,24)11-13-8-6-5-7-9-13/h5-9H,3-4,10-11H2,1-2H3,(H2,18,19,20,21,22). The number of imidazole rings is 1. The fraction of sp³-hybridized carbons (Fsp3) is 0.353. The number of aromatic nitrogens is 4. The molecule has 0 radical (unpaired) electrons. The molecule has 0 aliphatic heterocycles. The average Bonchev–Trinajstić information content (AvgIpc) is 2.96. The smallest absolute Gasteiger partial charge is 0.251 e. The summed E-state index contributed by atoms with van der Waals surface area (Å²) in [5.41, 5.74) is 1.69. The van der Waals surface area contributed by atoms with Gasteiger partial charge >= 0.3 is 0 Å². The molecule has 25 heavy (non-hydrogen) atoms. The van der Waals surface area contributed by atoms with Gasteiger partial charge in [-0.25, -0.2) is 13.4 Å². The van der Waals surface area contributed by atoms with Crippen molar-refractivity contribution in [3.8, 4) is 0 Å². The van der Waals surface area contributed by atoms with E-state index in [4.69, 9.17) is 0 Å². The molecule has 0 fully saturated rings. The molecule has 0 unspecified atom stereocenters. The zero-order valence-electron chi connectivity index (χ0n) is 14.3. The number of hydrogen-bond acceptors (Lipinski definition) is 6. The summed E-state index contributed by atoms with van der Waals surface area (Å²) in [5.74, 6) is 1.00. The number of unbranched alkanes of at least 4 members (excludes halogenated alkanes) is 1. The number of fused-ring (bicyclic) bond motifs is 1. The highest BCUT2D eigenvalue weighted by atomic mass is 32.2. The highest BCUT2D eigenvalue weighted by Gasteiger charge is 2.22. The second-order valence-electron chi connectivity index (χ2n) is 5.90. The normalized spacial score (nSPS) is 11.8. The summed E-state index contributed by atoms with van der Waals surface area (Å²) in [4.78, 5) is 15.8. The van der Waals surface area contributed by atoms with Gasteiger partial charge in [0.05, 0.1) is 5.75 Å². The van der Waals surface area contributed by atoms with Crippen LogP contribution >= 0.6 is 0 Å². The number of aromatic amines is 1. The zero-order chi connectivity index (χ0) is 17.9. The van der Waals surface area contributed by atoms with Gasteiger partial charge < -0.3 is 10.3 Å². The van der Waals surface area contributed by atoms with Crippen molar-refractivity contribution in [3.63, 3.8) is 0 Å². The van der Waals surface area contributed by atoms with Crippen molar-refractivity contribution in [1.82, 2.24) is 19.9 Å². The second-order valence-corrected chi connectivity index (χ2v) is 7.78. The predicted molar refractivity (Wildman–Crippen MR) is 97.2 cm³/mol. The molecule has 1 aromatic carbocycles. The summed E-state index contributed by atoms with van der Waals surface area (Å²) in [5, 5.41) is 2.99. The van der Waals surface area contributed by atoms with Crippen molar-refractivity contribution in [3.05, 3.63) is 41.7 Å². The lowest BCUT2D eigenvalue weighted by Crippen LogP contribution is -2.12. The first kappa shape index (κ1) is 17.3. The Kier molecular flexibility index (Phi) is 4.98. The molecule has 0 atom stereocenters. The summed E-state index contributed by atoms with van der Waals surface area (Å²) in [6.45, 7) is 4.60. The molecule has 7 nitrogen and oxygen atoms in total. The number of rotatable bonds is 7. The highest BCUT2D eigenvalue weighted by Crippen LogP contribution is 2.22. The van der Waals surface area contributed by atoms with Crippen LogP contribution in [0.25, 0.3) is 11.2 Å². The Morgan fingerprint density at radius 1 is 1.12 bits per heavy atom. The largest absolute Gasteiger partial charge is 0.368 e. The van der Waals surface area contributed by atoms with Crippen LogP contribution in [0.2, 0.25) is 0 Å². The molecule has 3 aromatic rings. The van der Waals surface area contributed by atoms with Crippen LogP contribution in [-0.2, 0) is 15.6 Å². The molecule has 0 saturated carbocycles. The number of nitrogens with one attached hydrogen (secondary N) is 2.